The molecule has 5 heteroatoms. The van der Waals surface area contributed by atoms with Gasteiger partial charge in [0.25, 0.3) is 0 Å². The lowest BCUT2D eigenvalue weighted by Gasteiger charge is -2.08. The van der Waals surface area contributed by atoms with Crippen molar-refractivity contribution >= 4 is 21.6 Å². The van der Waals surface area contributed by atoms with Crippen LogP contribution in [0.25, 0.3) is 0 Å². The van der Waals surface area contributed by atoms with E-state index >= 15 is 0 Å². The van der Waals surface area contributed by atoms with E-state index in [1.54, 1.807) is 0 Å². The number of benzene rings is 1. The van der Waals surface area contributed by atoms with Gasteiger partial charge in [-0.3, -0.25) is 0 Å². The molecular formula is C9H11BrFNO2. The van der Waals surface area contributed by atoms with Crippen molar-refractivity contribution in [2.45, 2.75) is 6.42 Å². The summed E-state index contributed by atoms with van der Waals surface area (Å²) in [5.41, 5.74) is 5.78. The van der Waals surface area contributed by atoms with Crippen LogP contribution >= 0.6 is 15.9 Å². The van der Waals surface area contributed by atoms with Gasteiger partial charge in [-0.05, 0) is 22.0 Å². The van der Waals surface area contributed by atoms with E-state index in [0.717, 1.165) is 0 Å². The molecule has 1 aromatic rings. The lowest BCUT2D eigenvalue weighted by molar-refractivity contribution is 0.234. The van der Waals surface area contributed by atoms with Gasteiger partial charge >= 0.3 is 0 Å². The largest absolute Gasteiger partial charge is 0.491 e. The Kier molecular flexibility index (Phi) is 4.16. The Hall–Kier alpha value is -0.810. The Morgan fingerprint density at radius 3 is 2.86 bits per heavy atom. The van der Waals surface area contributed by atoms with Crippen LogP contribution in [0.1, 0.15) is 6.42 Å². The molecule has 0 unspecified atom stereocenters. The molecule has 0 spiro atoms. The van der Waals surface area contributed by atoms with E-state index in [1.807, 2.05) is 0 Å². The van der Waals surface area contributed by atoms with E-state index in [1.165, 1.54) is 12.1 Å². The first-order valence-electron chi connectivity index (χ1n) is 4.13. The van der Waals surface area contributed by atoms with Crippen LogP contribution in [0.4, 0.5) is 10.1 Å². The highest BCUT2D eigenvalue weighted by molar-refractivity contribution is 9.10. The van der Waals surface area contributed by atoms with Crippen molar-refractivity contribution in [1.82, 2.24) is 0 Å². The van der Waals surface area contributed by atoms with Gasteiger partial charge in [-0.15, -0.1) is 0 Å². The molecule has 0 radical (unpaired) electrons. The summed E-state index contributed by atoms with van der Waals surface area (Å²) in [6, 6.07) is 2.67. The van der Waals surface area contributed by atoms with E-state index in [-0.39, 0.29) is 12.3 Å². The summed E-state index contributed by atoms with van der Waals surface area (Å²) in [5, 5.41) is 8.53. The normalized spacial score (nSPS) is 10.2. The summed E-state index contributed by atoms with van der Waals surface area (Å²) in [7, 11) is 0. The molecule has 14 heavy (non-hydrogen) atoms. The number of aliphatic hydroxyl groups is 1. The fraction of sp³-hybridized carbons (Fsp3) is 0.333. The predicted molar refractivity (Wildman–Crippen MR) is 55.7 cm³/mol. The number of halogens is 2. The van der Waals surface area contributed by atoms with Gasteiger partial charge in [-0.25, -0.2) is 4.39 Å². The molecule has 0 aliphatic heterocycles. The number of hydrogen-bond acceptors (Lipinski definition) is 3. The molecule has 0 aromatic heterocycles. The number of ether oxygens (including phenoxy) is 1. The molecule has 0 aliphatic carbocycles. The standard InChI is InChI=1S/C9H11BrFNO2/c10-6-4-9(14-3-1-2-13)8(12)5-7(6)11/h4-5,13H,1-3,12H2. The average Bonchev–Trinajstić information content (AvgIpc) is 2.14. The summed E-state index contributed by atoms with van der Waals surface area (Å²) in [6.45, 7) is 0.418. The number of nitrogen functional groups attached to an aromatic ring is 1. The van der Waals surface area contributed by atoms with Crippen LogP contribution in [0.15, 0.2) is 16.6 Å². The molecule has 0 atom stereocenters. The number of hydrogen-bond donors (Lipinski definition) is 2. The maximum Gasteiger partial charge on any atom is 0.143 e. The minimum Gasteiger partial charge on any atom is -0.491 e. The second kappa shape index (κ2) is 5.17. The van der Waals surface area contributed by atoms with E-state index in [9.17, 15) is 4.39 Å². The third-order valence-electron chi connectivity index (χ3n) is 1.61. The van der Waals surface area contributed by atoms with Gasteiger partial charge in [0.15, 0.2) is 0 Å². The molecule has 0 saturated carbocycles. The SMILES string of the molecule is Nc1cc(F)c(Br)cc1OCCCO. The minimum atomic E-state index is -0.419. The van der Waals surface area contributed by atoms with E-state index in [2.05, 4.69) is 15.9 Å². The Labute approximate surface area is 89.8 Å². The van der Waals surface area contributed by atoms with Gasteiger partial charge in [-0.2, -0.15) is 0 Å². The zero-order valence-electron chi connectivity index (χ0n) is 7.46. The van der Waals surface area contributed by atoms with Crippen LogP contribution < -0.4 is 10.5 Å². The van der Waals surface area contributed by atoms with Gasteiger partial charge in [0.1, 0.15) is 11.6 Å². The quantitative estimate of drug-likeness (QED) is 0.645. The Morgan fingerprint density at radius 1 is 1.50 bits per heavy atom. The van der Waals surface area contributed by atoms with Gasteiger partial charge in [0.2, 0.25) is 0 Å². The van der Waals surface area contributed by atoms with Crippen molar-refractivity contribution in [2.24, 2.45) is 0 Å². The lowest BCUT2D eigenvalue weighted by Crippen LogP contribution is -2.02. The first-order chi connectivity index (χ1) is 6.65. The third-order valence-corrected chi connectivity index (χ3v) is 2.22. The highest BCUT2D eigenvalue weighted by Crippen LogP contribution is 2.28. The Morgan fingerprint density at radius 2 is 2.21 bits per heavy atom. The highest BCUT2D eigenvalue weighted by atomic mass is 79.9. The number of anilines is 1. The molecule has 3 N–H and O–H groups in total. The van der Waals surface area contributed by atoms with Crippen LogP contribution in [-0.4, -0.2) is 18.3 Å². The molecule has 0 aliphatic rings. The minimum absolute atomic E-state index is 0.0578. The molecule has 0 heterocycles. The number of rotatable bonds is 4. The lowest BCUT2D eigenvalue weighted by atomic mass is 10.3. The fourth-order valence-electron chi connectivity index (χ4n) is 0.916. The van der Waals surface area contributed by atoms with Crippen LogP contribution in [0.2, 0.25) is 0 Å². The van der Waals surface area contributed by atoms with Crippen molar-refractivity contribution < 1.29 is 14.2 Å². The summed E-state index contributed by atoms with van der Waals surface area (Å²) >= 11 is 3.03. The van der Waals surface area contributed by atoms with Gasteiger partial charge in [0.05, 0.1) is 16.8 Å². The maximum absolute atomic E-state index is 12.9. The van der Waals surface area contributed by atoms with Crippen LogP contribution in [0.5, 0.6) is 5.75 Å². The predicted octanol–water partition coefficient (Wildman–Crippen LogP) is 1.93. The smallest absolute Gasteiger partial charge is 0.143 e. The van der Waals surface area contributed by atoms with Gasteiger partial charge < -0.3 is 15.6 Å². The molecule has 0 bridgehead atoms. The topological polar surface area (TPSA) is 55.5 Å². The van der Waals surface area contributed by atoms with E-state index in [4.69, 9.17) is 15.6 Å². The molecule has 78 valence electrons. The van der Waals surface area contributed by atoms with Crippen molar-refractivity contribution in [3.05, 3.63) is 22.4 Å². The van der Waals surface area contributed by atoms with E-state index < -0.39 is 5.82 Å². The van der Waals surface area contributed by atoms with Crippen molar-refractivity contribution in [3.63, 3.8) is 0 Å². The first-order valence-corrected chi connectivity index (χ1v) is 4.92. The van der Waals surface area contributed by atoms with Crippen molar-refractivity contribution in [2.75, 3.05) is 18.9 Å². The third kappa shape index (κ3) is 2.85. The first kappa shape index (κ1) is 11.3. The van der Waals surface area contributed by atoms with Gasteiger partial charge in [-0.1, -0.05) is 0 Å². The average molecular weight is 264 g/mol. The molecule has 0 saturated heterocycles. The van der Waals surface area contributed by atoms with Crippen LogP contribution in [-0.2, 0) is 0 Å². The molecule has 1 aromatic carbocycles. The van der Waals surface area contributed by atoms with Gasteiger partial charge in [0, 0.05) is 19.1 Å². The number of aliphatic hydroxyl groups excluding tert-OH is 1. The zero-order chi connectivity index (χ0) is 10.6. The Bertz CT molecular complexity index is 320. The fourth-order valence-corrected chi connectivity index (χ4v) is 1.24. The molecule has 0 amide bonds. The summed E-state index contributed by atoms with van der Waals surface area (Å²) < 4.78 is 18.5. The highest BCUT2D eigenvalue weighted by Gasteiger charge is 2.06. The number of nitrogens with two attached hydrogens (primary N) is 1. The second-order valence-corrected chi connectivity index (χ2v) is 3.58. The van der Waals surface area contributed by atoms with E-state index in [0.29, 0.717) is 23.2 Å². The second-order valence-electron chi connectivity index (χ2n) is 2.73. The molecular weight excluding hydrogens is 253 g/mol. The summed E-state index contributed by atoms with van der Waals surface area (Å²) in [5.74, 6) is 0.00346. The maximum atomic E-state index is 12.9. The van der Waals surface area contributed by atoms with Crippen molar-refractivity contribution in [1.29, 1.82) is 0 Å². The molecule has 0 fully saturated rings. The monoisotopic (exact) mass is 263 g/mol. The van der Waals surface area contributed by atoms with Crippen LogP contribution in [0, 0.1) is 5.82 Å². The Balaban J connectivity index is 2.72. The van der Waals surface area contributed by atoms with Crippen LogP contribution in [0.3, 0.4) is 0 Å². The zero-order valence-corrected chi connectivity index (χ0v) is 9.05. The molecule has 3 nitrogen and oxygen atoms in total. The summed E-state index contributed by atoms with van der Waals surface area (Å²) in [6.07, 6.45) is 0.522. The van der Waals surface area contributed by atoms with Crippen molar-refractivity contribution in [3.8, 4) is 5.75 Å². The molecule has 1 rings (SSSR count). The summed E-state index contributed by atoms with van der Waals surface area (Å²) in [4.78, 5) is 0.